The van der Waals surface area contributed by atoms with Crippen LogP contribution in [0.3, 0.4) is 0 Å². The molecule has 0 unspecified atom stereocenters. The molecule has 0 aromatic heterocycles. The summed E-state index contributed by atoms with van der Waals surface area (Å²) in [4.78, 5) is 27.0. The van der Waals surface area contributed by atoms with Gasteiger partial charge in [-0.25, -0.2) is 0 Å². The first-order valence-corrected chi connectivity index (χ1v) is 8.15. The third kappa shape index (κ3) is 3.68. The Labute approximate surface area is 145 Å². The van der Waals surface area contributed by atoms with Gasteiger partial charge in [-0.2, -0.15) is 0 Å². The van der Waals surface area contributed by atoms with Gasteiger partial charge in [0.15, 0.2) is 0 Å². The zero-order chi connectivity index (χ0) is 16.9. The van der Waals surface area contributed by atoms with Gasteiger partial charge in [0, 0.05) is 37.6 Å². The molecule has 1 N–H and O–H groups in total. The number of nitrogens with one attached hydrogen (secondary N) is 1. The second-order valence-corrected chi connectivity index (χ2v) is 6.02. The second kappa shape index (κ2) is 7.36. The van der Waals surface area contributed by atoms with Crippen LogP contribution in [0.15, 0.2) is 48.5 Å². The van der Waals surface area contributed by atoms with Crippen molar-refractivity contribution in [2.75, 3.05) is 36.4 Å². The highest BCUT2D eigenvalue weighted by Crippen LogP contribution is 2.21. The minimum absolute atomic E-state index is 0.229. The molecule has 0 saturated carbocycles. The van der Waals surface area contributed by atoms with Crippen LogP contribution in [0.4, 0.5) is 11.4 Å². The van der Waals surface area contributed by atoms with E-state index in [4.69, 9.17) is 11.6 Å². The number of rotatable bonds is 4. The molecular formula is C18H18ClN3O2. The maximum Gasteiger partial charge on any atom is 0.257 e. The number of piperazine rings is 1. The maximum atomic E-state index is 12.2. The standard InChI is InChI=1S/C18H18ClN3O2/c19-17-4-2-1-3-16(17)18(24)20-14-5-7-15(8-6-14)22-11-9-21(13-23)10-12-22/h1-8,13H,9-12H2,(H,20,24). The molecule has 24 heavy (non-hydrogen) atoms. The van der Waals surface area contributed by atoms with Crippen molar-refractivity contribution in [2.45, 2.75) is 0 Å². The van der Waals surface area contributed by atoms with E-state index in [1.54, 1.807) is 29.2 Å². The number of hydrogen-bond acceptors (Lipinski definition) is 3. The molecule has 1 saturated heterocycles. The van der Waals surface area contributed by atoms with Crippen molar-refractivity contribution in [3.63, 3.8) is 0 Å². The van der Waals surface area contributed by atoms with Crippen molar-refractivity contribution < 1.29 is 9.59 Å². The summed E-state index contributed by atoms with van der Waals surface area (Å²) in [6, 6.07) is 14.6. The van der Waals surface area contributed by atoms with Gasteiger partial charge in [-0.3, -0.25) is 9.59 Å². The zero-order valence-electron chi connectivity index (χ0n) is 13.1. The molecular weight excluding hydrogens is 326 g/mol. The van der Waals surface area contributed by atoms with Gasteiger partial charge in [0.1, 0.15) is 0 Å². The fraction of sp³-hybridized carbons (Fsp3) is 0.222. The van der Waals surface area contributed by atoms with E-state index in [0.717, 1.165) is 44.0 Å². The number of benzene rings is 2. The van der Waals surface area contributed by atoms with Gasteiger partial charge in [0.2, 0.25) is 6.41 Å². The first-order valence-electron chi connectivity index (χ1n) is 7.77. The normalized spacial score (nSPS) is 14.4. The van der Waals surface area contributed by atoms with Crippen molar-refractivity contribution >= 4 is 35.3 Å². The minimum atomic E-state index is -0.229. The fourth-order valence-corrected chi connectivity index (χ4v) is 2.91. The molecule has 0 radical (unpaired) electrons. The highest BCUT2D eigenvalue weighted by Gasteiger charge is 2.16. The van der Waals surface area contributed by atoms with Crippen molar-refractivity contribution in [3.8, 4) is 0 Å². The van der Waals surface area contributed by atoms with E-state index in [1.165, 1.54) is 0 Å². The van der Waals surface area contributed by atoms with Crippen molar-refractivity contribution in [1.29, 1.82) is 0 Å². The Morgan fingerprint density at radius 1 is 1.00 bits per heavy atom. The van der Waals surface area contributed by atoms with Gasteiger partial charge >= 0.3 is 0 Å². The molecule has 0 aliphatic carbocycles. The van der Waals surface area contributed by atoms with Crippen LogP contribution in [0.25, 0.3) is 0 Å². The Hall–Kier alpha value is -2.53. The summed E-state index contributed by atoms with van der Waals surface area (Å²) in [6.45, 7) is 3.08. The van der Waals surface area contributed by atoms with Crippen LogP contribution in [0.2, 0.25) is 5.02 Å². The molecule has 1 aliphatic heterocycles. The Bertz CT molecular complexity index is 725. The SMILES string of the molecule is O=CN1CCN(c2ccc(NC(=O)c3ccccc3Cl)cc2)CC1. The third-order valence-corrected chi connectivity index (χ3v) is 4.40. The second-order valence-electron chi connectivity index (χ2n) is 5.61. The molecule has 1 fully saturated rings. The first kappa shape index (κ1) is 16.3. The number of amides is 2. The fourth-order valence-electron chi connectivity index (χ4n) is 2.68. The summed E-state index contributed by atoms with van der Waals surface area (Å²) in [6.07, 6.45) is 0.894. The van der Waals surface area contributed by atoms with E-state index in [-0.39, 0.29) is 5.91 Å². The summed E-state index contributed by atoms with van der Waals surface area (Å²) in [5, 5.41) is 3.28. The molecule has 1 heterocycles. The molecule has 2 aromatic rings. The van der Waals surface area contributed by atoms with E-state index in [9.17, 15) is 9.59 Å². The third-order valence-electron chi connectivity index (χ3n) is 4.07. The molecule has 1 aliphatic rings. The monoisotopic (exact) mass is 343 g/mol. The largest absolute Gasteiger partial charge is 0.368 e. The van der Waals surface area contributed by atoms with Gasteiger partial charge in [0.05, 0.1) is 10.6 Å². The first-order chi connectivity index (χ1) is 11.7. The molecule has 5 nitrogen and oxygen atoms in total. The van der Waals surface area contributed by atoms with Crippen LogP contribution in [0, 0.1) is 0 Å². The van der Waals surface area contributed by atoms with Crippen LogP contribution in [0.5, 0.6) is 0 Å². The topological polar surface area (TPSA) is 52.7 Å². The van der Waals surface area contributed by atoms with Crippen molar-refractivity contribution in [1.82, 2.24) is 4.90 Å². The quantitative estimate of drug-likeness (QED) is 0.868. The molecule has 124 valence electrons. The highest BCUT2D eigenvalue weighted by atomic mass is 35.5. The van der Waals surface area contributed by atoms with Crippen LogP contribution in [-0.2, 0) is 4.79 Å². The number of carbonyl (C=O) groups excluding carboxylic acids is 2. The Balaban J connectivity index is 1.64. The molecule has 0 bridgehead atoms. The van der Waals surface area contributed by atoms with E-state index >= 15 is 0 Å². The van der Waals surface area contributed by atoms with Crippen molar-refractivity contribution in [3.05, 3.63) is 59.1 Å². The molecule has 6 heteroatoms. The lowest BCUT2D eigenvalue weighted by Crippen LogP contribution is -2.45. The maximum absolute atomic E-state index is 12.2. The molecule has 0 atom stereocenters. The van der Waals surface area contributed by atoms with Gasteiger partial charge < -0.3 is 15.1 Å². The average molecular weight is 344 g/mol. The Morgan fingerprint density at radius 3 is 2.29 bits per heavy atom. The molecule has 3 rings (SSSR count). The van der Waals surface area contributed by atoms with E-state index in [2.05, 4.69) is 10.2 Å². The van der Waals surface area contributed by atoms with Crippen LogP contribution in [-0.4, -0.2) is 43.4 Å². The van der Waals surface area contributed by atoms with E-state index in [0.29, 0.717) is 10.6 Å². The summed E-state index contributed by atoms with van der Waals surface area (Å²) in [5.74, 6) is -0.229. The van der Waals surface area contributed by atoms with E-state index in [1.807, 2.05) is 24.3 Å². The molecule has 0 spiro atoms. The average Bonchev–Trinajstić information content (AvgIpc) is 2.63. The van der Waals surface area contributed by atoms with E-state index < -0.39 is 0 Å². The lowest BCUT2D eigenvalue weighted by Gasteiger charge is -2.34. The number of hydrogen-bond donors (Lipinski definition) is 1. The molecule has 2 amide bonds. The van der Waals surface area contributed by atoms with Gasteiger partial charge in [-0.1, -0.05) is 23.7 Å². The van der Waals surface area contributed by atoms with Gasteiger partial charge in [-0.15, -0.1) is 0 Å². The number of nitrogens with zero attached hydrogens (tertiary/aromatic N) is 2. The predicted octanol–water partition coefficient (Wildman–Crippen LogP) is 2.87. The highest BCUT2D eigenvalue weighted by molar-refractivity contribution is 6.34. The van der Waals surface area contributed by atoms with Crippen LogP contribution >= 0.6 is 11.6 Å². The lowest BCUT2D eigenvalue weighted by atomic mass is 10.2. The number of anilines is 2. The summed E-state index contributed by atoms with van der Waals surface area (Å²) in [7, 11) is 0. The van der Waals surface area contributed by atoms with Crippen LogP contribution < -0.4 is 10.2 Å². The smallest absolute Gasteiger partial charge is 0.257 e. The van der Waals surface area contributed by atoms with Gasteiger partial charge in [-0.05, 0) is 36.4 Å². The zero-order valence-corrected chi connectivity index (χ0v) is 13.9. The predicted molar refractivity (Wildman–Crippen MR) is 95.7 cm³/mol. The van der Waals surface area contributed by atoms with Crippen LogP contribution in [0.1, 0.15) is 10.4 Å². The van der Waals surface area contributed by atoms with Crippen molar-refractivity contribution in [2.24, 2.45) is 0 Å². The Kier molecular flexibility index (Phi) is 5.01. The number of halogens is 1. The molecule has 2 aromatic carbocycles. The Morgan fingerprint density at radius 2 is 1.67 bits per heavy atom. The van der Waals surface area contributed by atoms with Gasteiger partial charge in [0.25, 0.3) is 5.91 Å². The summed E-state index contributed by atoms with van der Waals surface area (Å²) < 4.78 is 0. The minimum Gasteiger partial charge on any atom is -0.368 e. The lowest BCUT2D eigenvalue weighted by molar-refractivity contribution is -0.118. The number of carbonyl (C=O) groups is 2. The summed E-state index contributed by atoms with van der Waals surface area (Å²) in [5.41, 5.74) is 2.25. The summed E-state index contributed by atoms with van der Waals surface area (Å²) >= 11 is 6.04.